The zero-order valence-electron chi connectivity index (χ0n) is 11.0. The third kappa shape index (κ3) is 3.21. The van der Waals surface area contributed by atoms with Gasteiger partial charge < -0.3 is 14.2 Å². The maximum Gasteiger partial charge on any atom is 0.379 e. The molecule has 0 heterocycles. The average molecular weight is 270 g/mol. The fraction of sp³-hybridized carbons (Fsp3) is 0.385. The van der Waals surface area contributed by atoms with Crippen LogP contribution in [0.1, 0.15) is 22.8 Å². The van der Waals surface area contributed by atoms with Crippen molar-refractivity contribution in [1.29, 1.82) is 0 Å². The fourth-order valence-corrected chi connectivity index (χ4v) is 1.55. The van der Waals surface area contributed by atoms with Gasteiger partial charge in [-0.15, -0.1) is 0 Å². The van der Waals surface area contributed by atoms with Gasteiger partial charge in [-0.3, -0.25) is 4.79 Å². The number of alkyl halides is 1. The van der Waals surface area contributed by atoms with Crippen LogP contribution in [0.4, 0.5) is 4.39 Å². The summed E-state index contributed by atoms with van der Waals surface area (Å²) in [4.78, 5) is 23.2. The van der Waals surface area contributed by atoms with Crippen molar-refractivity contribution in [2.45, 2.75) is 13.6 Å². The van der Waals surface area contributed by atoms with E-state index in [0.717, 1.165) is 0 Å². The standard InChI is InChI=1S/C13H15FO5/c1-4-19-13(16)12(15)9-6-11(18-3)10(17-2)5-8(9)7-14/h5-6H,4,7H2,1-3H3. The summed E-state index contributed by atoms with van der Waals surface area (Å²) in [5.41, 5.74) is -0.0331. The van der Waals surface area contributed by atoms with Crippen molar-refractivity contribution in [3.05, 3.63) is 23.3 Å². The molecule has 0 saturated heterocycles. The molecule has 0 aliphatic rings. The van der Waals surface area contributed by atoms with Crippen molar-refractivity contribution in [3.8, 4) is 11.5 Å². The lowest BCUT2D eigenvalue weighted by Crippen LogP contribution is -2.19. The molecule has 0 unspecified atom stereocenters. The summed E-state index contributed by atoms with van der Waals surface area (Å²) in [5, 5.41) is 0. The van der Waals surface area contributed by atoms with Crippen molar-refractivity contribution in [2.75, 3.05) is 20.8 Å². The molecule has 1 rings (SSSR count). The SMILES string of the molecule is CCOC(=O)C(=O)c1cc(OC)c(OC)cc1CF. The smallest absolute Gasteiger partial charge is 0.379 e. The molecular weight excluding hydrogens is 255 g/mol. The quantitative estimate of drug-likeness (QED) is 0.449. The maximum absolute atomic E-state index is 12.9. The number of Topliss-reactive ketones (excluding diaryl/α,β-unsaturated/α-hetero) is 1. The third-order valence-corrected chi connectivity index (χ3v) is 2.46. The van der Waals surface area contributed by atoms with Crippen LogP contribution in [-0.4, -0.2) is 32.6 Å². The lowest BCUT2D eigenvalue weighted by atomic mass is 10.0. The molecule has 0 N–H and O–H groups in total. The number of benzene rings is 1. The number of rotatable bonds is 6. The van der Waals surface area contributed by atoms with Gasteiger partial charge in [0, 0.05) is 5.56 Å². The number of hydrogen-bond acceptors (Lipinski definition) is 5. The van der Waals surface area contributed by atoms with Crippen LogP contribution in [0.2, 0.25) is 0 Å². The molecule has 0 radical (unpaired) electrons. The Morgan fingerprint density at radius 2 is 1.74 bits per heavy atom. The van der Waals surface area contributed by atoms with Crippen LogP contribution in [0.5, 0.6) is 11.5 Å². The van der Waals surface area contributed by atoms with Crippen molar-refractivity contribution in [1.82, 2.24) is 0 Å². The molecule has 19 heavy (non-hydrogen) atoms. The van der Waals surface area contributed by atoms with Crippen molar-refractivity contribution >= 4 is 11.8 Å². The number of halogens is 1. The first-order valence-corrected chi connectivity index (χ1v) is 5.61. The summed E-state index contributed by atoms with van der Waals surface area (Å²) < 4.78 is 27.6. The third-order valence-electron chi connectivity index (χ3n) is 2.46. The second-order valence-corrected chi connectivity index (χ2v) is 3.55. The highest BCUT2D eigenvalue weighted by molar-refractivity contribution is 6.41. The van der Waals surface area contributed by atoms with E-state index in [1.807, 2.05) is 0 Å². The van der Waals surface area contributed by atoms with Crippen LogP contribution in [0.3, 0.4) is 0 Å². The van der Waals surface area contributed by atoms with Gasteiger partial charge in [-0.1, -0.05) is 0 Å². The van der Waals surface area contributed by atoms with Gasteiger partial charge in [-0.25, -0.2) is 9.18 Å². The summed E-state index contributed by atoms with van der Waals surface area (Å²) in [6, 6.07) is 2.60. The lowest BCUT2D eigenvalue weighted by molar-refractivity contribution is -0.137. The van der Waals surface area contributed by atoms with E-state index < -0.39 is 18.4 Å². The van der Waals surface area contributed by atoms with Crippen LogP contribution in [0.25, 0.3) is 0 Å². The maximum atomic E-state index is 12.9. The molecule has 1 aromatic carbocycles. The van der Waals surface area contributed by atoms with Gasteiger partial charge >= 0.3 is 5.97 Å². The Bertz CT molecular complexity index is 484. The molecule has 104 valence electrons. The van der Waals surface area contributed by atoms with Crippen molar-refractivity contribution in [2.24, 2.45) is 0 Å². The average Bonchev–Trinajstić information content (AvgIpc) is 2.45. The lowest BCUT2D eigenvalue weighted by Gasteiger charge is -2.12. The number of methoxy groups -OCH3 is 2. The first-order chi connectivity index (χ1) is 9.08. The van der Waals surface area contributed by atoms with E-state index >= 15 is 0 Å². The summed E-state index contributed by atoms with van der Waals surface area (Å²) in [7, 11) is 2.78. The number of ether oxygens (including phenoxy) is 3. The summed E-state index contributed by atoms with van der Waals surface area (Å²) in [5.74, 6) is -1.40. The van der Waals surface area contributed by atoms with Gasteiger partial charge in [-0.05, 0) is 24.6 Å². The van der Waals surface area contributed by atoms with E-state index in [1.165, 1.54) is 26.4 Å². The van der Waals surface area contributed by atoms with Gasteiger partial charge in [-0.2, -0.15) is 0 Å². The minimum Gasteiger partial charge on any atom is -0.493 e. The molecule has 1 aromatic rings. The predicted octanol–water partition coefficient (Wildman–Crippen LogP) is 1.92. The molecule has 0 atom stereocenters. The fourth-order valence-electron chi connectivity index (χ4n) is 1.55. The topological polar surface area (TPSA) is 61.8 Å². The predicted molar refractivity (Wildman–Crippen MR) is 65.3 cm³/mol. The summed E-state index contributed by atoms with van der Waals surface area (Å²) in [6.07, 6.45) is 0. The van der Waals surface area contributed by atoms with Gasteiger partial charge in [0.2, 0.25) is 0 Å². The highest BCUT2D eigenvalue weighted by Gasteiger charge is 2.23. The van der Waals surface area contributed by atoms with Gasteiger partial charge in [0.05, 0.1) is 20.8 Å². The normalized spacial score (nSPS) is 9.89. The second-order valence-electron chi connectivity index (χ2n) is 3.55. The van der Waals surface area contributed by atoms with Crippen LogP contribution in [0, 0.1) is 0 Å². The molecule has 0 aliphatic heterocycles. The molecule has 0 saturated carbocycles. The monoisotopic (exact) mass is 270 g/mol. The largest absolute Gasteiger partial charge is 0.493 e. The summed E-state index contributed by atoms with van der Waals surface area (Å²) in [6.45, 7) is 0.750. The molecule has 0 amide bonds. The Labute approximate surface area is 110 Å². The highest BCUT2D eigenvalue weighted by atomic mass is 19.1. The zero-order chi connectivity index (χ0) is 14.4. The first-order valence-electron chi connectivity index (χ1n) is 5.61. The van der Waals surface area contributed by atoms with E-state index in [1.54, 1.807) is 6.92 Å². The van der Waals surface area contributed by atoms with Gasteiger partial charge in [0.25, 0.3) is 5.78 Å². The Kier molecular flexibility index (Phi) is 5.29. The van der Waals surface area contributed by atoms with Crippen LogP contribution >= 0.6 is 0 Å². The van der Waals surface area contributed by atoms with E-state index in [9.17, 15) is 14.0 Å². The molecule has 5 nitrogen and oxygen atoms in total. The second kappa shape index (κ2) is 6.72. The summed E-state index contributed by atoms with van der Waals surface area (Å²) >= 11 is 0. The van der Waals surface area contributed by atoms with Crippen molar-refractivity contribution < 1.29 is 28.2 Å². The molecule has 0 fully saturated rings. The van der Waals surface area contributed by atoms with Crippen molar-refractivity contribution in [3.63, 3.8) is 0 Å². The first kappa shape index (κ1) is 14.9. The number of hydrogen-bond donors (Lipinski definition) is 0. The van der Waals surface area contributed by atoms with Crippen LogP contribution in [0.15, 0.2) is 12.1 Å². The number of carbonyl (C=O) groups excluding carboxylic acids is 2. The molecule has 0 aromatic heterocycles. The minimum atomic E-state index is -1.02. The minimum absolute atomic E-state index is 0.0516. The van der Waals surface area contributed by atoms with E-state index in [2.05, 4.69) is 4.74 Å². The van der Waals surface area contributed by atoms with Gasteiger partial charge in [0.15, 0.2) is 11.5 Å². The van der Waals surface area contributed by atoms with E-state index in [4.69, 9.17) is 9.47 Å². The van der Waals surface area contributed by atoms with Gasteiger partial charge in [0.1, 0.15) is 6.67 Å². The Balaban J connectivity index is 3.25. The number of esters is 1. The van der Waals surface area contributed by atoms with Crippen LogP contribution < -0.4 is 9.47 Å². The van der Waals surface area contributed by atoms with E-state index in [0.29, 0.717) is 0 Å². The Morgan fingerprint density at radius 1 is 1.16 bits per heavy atom. The number of ketones is 1. The number of carbonyl (C=O) groups is 2. The molecule has 0 spiro atoms. The Hall–Kier alpha value is -2.11. The van der Waals surface area contributed by atoms with Crippen LogP contribution in [-0.2, 0) is 16.2 Å². The highest BCUT2D eigenvalue weighted by Crippen LogP contribution is 2.31. The molecule has 6 heteroatoms. The molecule has 0 bridgehead atoms. The molecular formula is C13H15FO5. The van der Waals surface area contributed by atoms with E-state index in [-0.39, 0.29) is 29.2 Å². The zero-order valence-corrected chi connectivity index (χ0v) is 11.0. The molecule has 0 aliphatic carbocycles. The Morgan fingerprint density at radius 3 is 2.21 bits per heavy atom.